The minimum absolute atomic E-state index is 0.0295. The summed E-state index contributed by atoms with van der Waals surface area (Å²) >= 11 is 2.16. The summed E-state index contributed by atoms with van der Waals surface area (Å²) in [5.74, 6) is -1.09. The van der Waals surface area contributed by atoms with E-state index < -0.39 is 17.6 Å². The molecule has 0 aromatic heterocycles. The average molecular weight is 458 g/mol. The van der Waals surface area contributed by atoms with E-state index in [0.29, 0.717) is 23.1 Å². The van der Waals surface area contributed by atoms with Gasteiger partial charge in [-0.3, -0.25) is 4.79 Å². The number of ether oxygens (including phenoxy) is 1. The van der Waals surface area contributed by atoms with Crippen molar-refractivity contribution in [1.82, 2.24) is 0 Å². The van der Waals surface area contributed by atoms with Crippen LogP contribution in [0.15, 0.2) is 6.07 Å². The van der Waals surface area contributed by atoms with Gasteiger partial charge in [-0.25, -0.2) is 0 Å². The van der Waals surface area contributed by atoms with Gasteiger partial charge >= 0.3 is 5.97 Å². The van der Waals surface area contributed by atoms with Gasteiger partial charge in [0.25, 0.3) is 0 Å². The van der Waals surface area contributed by atoms with Gasteiger partial charge in [0.05, 0.1) is 6.10 Å². The highest BCUT2D eigenvalue weighted by atomic mass is 127. The summed E-state index contributed by atoms with van der Waals surface area (Å²) in [5.41, 5.74) is 0.380. The van der Waals surface area contributed by atoms with Crippen molar-refractivity contribution in [3.63, 3.8) is 0 Å². The molecule has 136 valence electrons. The molecule has 2 fully saturated rings. The van der Waals surface area contributed by atoms with Crippen molar-refractivity contribution in [2.75, 3.05) is 0 Å². The third-order valence-electron chi connectivity index (χ3n) is 6.53. The van der Waals surface area contributed by atoms with Gasteiger partial charge in [-0.05, 0) is 31.2 Å². The van der Waals surface area contributed by atoms with Crippen LogP contribution < -0.4 is 0 Å². The lowest BCUT2D eigenvalue weighted by Gasteiger charge is -2.60. The molecule has 25 heavy (non-hydrogen) atoms. The molecule has 1 saturated carbocycles. The zero-order chi connectivity index (χ0) is 18.3. The van der Waals surface area contributed by atoms with Crippen LogP contribution in [0, 0.1) is 11.3 Å². The largest absolute Gasteiger partial charge is 0.504 e. The van der Waals surface area contributed by atoms with Crippen molar-refractivity contribution >= 4 is 28.6 Å². The normalized spacial score (nSPS) is 36.4. The number of esters is 1. The minimum Gasteiger partial charge on any atom is -0.504 e. The molecule has 5 nitrogen and oxygen atoms in total. The van der Waals surface area contributed by atoms with E-state index in [1.165, 1.54) is 0 Å². The van der Waals surface area contributed by atoms with Crippen molar-refractivity contribution in [2.45, 2.75) is 61.6 Å². The van der Waals surface area contributed by atoms with Crippen LogP contribution >= 0.6 is 22.6 Å². The maximum Gasteiger partial charge on any atom is 0.317 e. The highest BCUT2D eigenvalue weighted by Gasteiger charge is 2.68. The molecule has 0 amide bonds. The number of aliphatic hydroxyl groups excluding tert-OH is 1. The van der Waals surface area contributed by atoms with E-state index in [9.17, 15) is 20.1 Å². The van der Waals surface area contributed by atoms with Crippen LogP contribution in [-0.4, -0.2) is 27.4 Å². The van der Waals surface area contributed by atoms with Gasteiger partial charge < -0.3 is 20.1 Å². The van der Waals surface area contributed by atoms with Gasteiger partial charge in [-0.1, -0.05) is 42.9 Å². The fraction of sp³-hybridized carbons (Fsp3) is 0.632. The molecule has 2 heterocycles. The lowest BCUT2D eigenvalue weighted by Crippen LogP contribution is -2.65. The third kappa shape index (κ3) is 2.01. The summed E-state index contributed by atoms with van der Waals surface area (Å²) in [6.07, 6.45) is 0.638. The highest BCUT2D eigenvalue weighted by molar-refractivity contribution is 14.1. The molecule has 6 heteroatoms. The number of aromatic hydroxyl groups is 2. The fourth-order valence-electron chi connectivity index (χ4n) is 5.58. The van der Waals surface area contributed by atoms with Crippen LogP contribution in [0.25, 0.3) is 0 Å². The summed E-state index contributed by atoms with van der Waals surface area (Å²) in [6, 6.07) is 1.79. The fourth-order valence-corrected chi connectivity index (χ4v) is 6.05. The number of phenols is 2. The number of hydrogen-bond acceptors (Lipinski definition) is 5. The second-order valence-corrected chi connectivity index (χ2v) is 10.2. The second-order valence-electron chi connectivity index (χ2n) is 8.35. The first-order chi connectivity index (χ1) is 11.6. The van der Waals surface area contributed by atoms with Crippen LogP contribution in [0.2, 0.25) is 0 Å². The van der Waals surface area contributed by atoms with E-state index in [1.54, 1.807) is 6.07 Å². The van der Waals surface area contributed by atoms with Crippen LogP contribution in [0.4, 0.5) is 0 Å². The predicted molar refractivity (Wildman–Crippen MR) is 99.8 cm³/mol. The Morgan fingerprint density at radius 1 is 1.28 bits per heavy atom. The van der Waals surface area contributed by atoms with E-state index in [1.807, 2.05) is 6.92 Å². The molecule has 4 aliphatic rings. The van der Waals surface area contributed by atoms with Gasteiger partial charge in [-0.15, -0.1) is 0 Å². The summed E-state index contributed by atoms with van der Waals surface area (Å²) in [4.78, 5) is 13.0. The van der Waals surface area contributed by atoms with E-state index in [2.05, 4.69) is 36.4 Å². The number of benzene rings is 1. The van der Waals surface area contributed by atoms with Gasteiger partial charge in [0.15, 0.2) is 17.6 Å². The molecule has 3 N–H and O–H groups in total. The molecular weight excluding hydrogens is 435 g/mol. The van der Waals surface area contributed by atoms with E-state index >= 15 is 0 Å². The molecule has 1 spiro atoms. The third-order valence-corrected chi connectivity index (χ3v) is 7.20. The van der Waals surface area contributed by atoms with E-state index in [0.717, 1.165) is 12.8 Å². The van der Waals surface area contributed by atoms with Gasteiger partial charge in [0.2, 0.25) is 0 Å². The number of halogens is 1. The quantitative estimate of drug-likeness (QED) is 0.259. The molecule has 1 aromatic rings. The molecule has 2 aliphatic heterocycles. The van der Waals surface area contributed by atoms with Crippen molar-refractivity contribution in [1.29, 1.82) is 0 Å². The Bertz CT molecular complexity index is 772. The molecular formula is C19H23IO5. The number of carbonyl (C=O) groups excluding carboxylic acids is 1. The number of hydrogen-bond donors (Lipinski definition) is 3. The van der Waals surface area contributed by atoms with Crippen molar-refractivity contribution < 1.29 is 24.9 Å². The molecule has 5 unspecified atom stereocenters. The lowest BCUT2D eigenvalue weighted by molar-refractivity contribution is -0.213. The summed E-state index contributed by atoms with van der Waals surface area (Å²) in [5, 5.41) is 32.5. The standard InChI is InChI=1S/C19H23IO5/c1-8(20)9-7-10-11(13(22)12(9)21)19-6-4-5-18(2,3)16(19)14(23)15(10)25-17(19)24/h7-8,14-16,21-23H,4-6H2,1-3H3. The Hall–Kier alpha value is -1.02. The summed E-state index contributed by atoms with van der Waals surface area (Å²) in [7, 11) is 0. The zero-order valence-electron chi connectivity index (χ0n) is 14.5. The van der Waals surface area contributed by atoms with Crippen LogP contribution in [0.1, 0.15) is 66.8 Å². The number of fused-ring (bicyclic) bond motifs is 1. The molecule has 2 bridgehead atoms. The Balaban J connectivity index is 2.06. The molecule has 5 rings (SSSR count). The second kappa shape index (κ2) is 5.25. The van der Waals surface area contributed by atoms with Crippen LogP contribution in [-0.2, 0) is 14.9 Å². The van der Waals surface area contributed by atoms with Gasteiger partial charge in [-0.2, -0.15) is 0 Å². The maximum absolute atomic E-state index is 13.0. The molecule has 1 saturated heterocycles. The monoisotopic (exact) mass is 458 g/mol. The Kier molecular flexibility index (Phi) is 3.65. The summed E-state index contributed by atoms with van der Waals surface area (Å²) < 4.78 is 5.59. The summed E-state index contributed by atoms with van der Waals surface area (Å²) in [6.45, 7) is 6.04. The average Bonchev–Trinajstić information content (AvgIpc) is 2.51. The Morgan fingerprint density at radius 3 is 2.60 bits per heavy atom. The predicted octanol–water partition coefficient (Wildman–Crippen LogP) is 3.63. The van der Waals surface area contributed by atoms with Crippen molar-refractivity contribution in [2.24, 2.45) is 11.3 Å². The number of rotatable bonds is 1. The minimum atomic E-state index is -1.08. The number of carbonyl (C=O) groups is 1. The van der Waals surface area contributed by atoms with Crippen LogP contribution in [0.3, 0.4) is 0 Å². The number of alkyl halides is 1. The molecule has 2 aliphatic carbocycles. The first kappa shape index (κ1) is 17.4. The topological polar surface area (TPSA) is 87.0 Å². The van der Waals surface area contributed by atoms with Crippen molar-refractivity contribution in [3.8, 4) is 11.5 Å². The zero-order valence-corrected chi connectivity index (χ0v) is 16.7. The number of phenolic OH excluding ortho intramolecular Hbond substituents is 2. The Labute approximate surface area is 160 Å². The van der Waals surface area contributed by atoms with Gasteiger partial charge in [0, 0.05) is 26.5 Å². The lowest BCUT2D eigenvalue weighted by atomic mass is 9.46. The molecule has 0 radical (unpaired) electrons. The first-order valence-electron chi connectivity index (χ1n) is 8.75. The first-order valence-corrected chi connectivity index (χ1v) is 10.00. The maximum atomic E-state index is 13.0. The molecule has 1 aromatic carbocycles. The number of aliphatic hydroxyl groups is 1. The smallest absolute Gasteiger partial charge is 0.317 e. The van der Waals surface area contributed by atoms with Gasteiger partial charge in [0.1, 0.15) is 5.41 Å². The SMILES string of the molecule is CC(I)c1cc2c(c(O)c1O)C13CCCC(C)(C)C1C(O)C2OC3=O. The van der Waals surface area contributed by atoms with E-state index in [4.69, 9.17) is 4.74 Å². The molecule has 5 atom stereocenters. The highest BCUT2D eigenvalue weighted by Crippen LogP contribution is 2.66. The van der Waals surface area contributed by atoms with Crippen molar-refractivity contribution in [3.05, 3.63) is 22.8 Å². The Morgan fingerprint density at radius 2 is 1.96 bits per heavy atom. The van der Waals surface area contributed by atoms with E-state index in [-0.39, 0.29) is 32.7 Å². The van der Waals surface area contributed by atoms with Crippen LogP contribution in [0.5, 0.6) is 11.5 Å².